The first kappa shape index (κ1) is 6.88. The molecular weight excluding hydrogens is 148 g/mol. The van der Waals surface area contributed by atoms with E-state index in [1.54, 1.807) is 0 Å². The maximum atomic E-state index is 11.8. The van der Waals surface area contributed by atoms with E-state index >= 15 is 0 Å². The molecule has 12 heavy (non-hydrogen) atoms. The van der Waals surface area contributed by atoms with Crippen LogP contribution in [-0.2, 0) is 4.79 Å². The van der Waals surface area contributed by atoms with E-state index in [1.165, 1.54) is 38.5 Å². The zero-order valence-electron chi connectivity index (χ0n) is 7.31. The van der Waals surface area contributed by atoms with Gasteiger partial charge in [-0.15, -0.1) is 0 Å². The molecule has 2 saturated carbocycles. The van der Waals surface area contributed by atoms with Crippen molar-refractivity contribution in [3.05, 3.63) is 12.2 Å². The Bertz CT molecular complexity index is 279. The van der Waals surface area contributed by atoms with E-state index in [-0.39, 0.29) is 5.41 Å². The first-order chi connectivity index (χ1) is 5.79. The van der Waals surface area contributed by atoms with E-state index in [0.29, 0.717) is 11.2 Å². The van der Waals surface area contributed by atoms with Gasteiger partial charge in [0.25, 0.3) is 0 Å². The highest BCUT2D eigenvalue weighted by Gasteiger charge is 2.64. The molecule has 0 amide bonds. The van der Waals surface area contributed by atoms with E-state index < -0.39 is 0 Å². The summed E-state index contributed by atoms with van der Waals surface area (Å²) < 4.78 is 0. The second-order valence-corrected chi connectivity index (χ2v) is 4.69. The van der Waals surface area contributed by atoms with Crippen molar-refractivity contribution in [1.82, 2.24) is 0 Å². The zero-order chi connectivity index (χ0) is 8.23. The lowest BCUT2D eigenvalue weighted by atomic mass is 9.47. The lowest BCUT2D eigenvalue weighted by molar-refractivity contribution is -0.144. The maximum absolute atomic E-state index is 11.8. The van der Waals surface area contributed by atoms with Crippen LogP contribution < -0.4 is 0 Å². The van der Waals surface area contributed by atoms with E-state index in [0.717, 1.165) is 0 Å². The molecule has 2 atom stereocenters. The molecule has 2 unspecified atom stereocenters. The summed E-state index contributed by atoms with van der Waals surface area (Å²) in [6.07, 6.45) is 11.4. The second kappa shape index (κ2) is 1.84. The number of allylic oxidation sites excluding steroid dienone is 2. The van der Waals surface area contributed by atoms with Crippen LogP contribution in [0.1, 0.15) is 38.5 Å². The Balaban J connectivity index is 2.12. The molecule has 0 bridgehead atoms. The number of hydrogen-bond acceptors (Lipinski definition) is 1. The quantitative estimate of drug-likeness (QED) is 0.534. The third-order valence-corrected chi connectivity index (χ3v) is 4.55. The molecule has 0 aromatic carbocycles. The van der Waals surface area contributed by atoms with Crippen LogP contribution in [0.15, 0.2) is 12.2 Å². The second-order valence-electron chi connectivity index (χ2n) is 4.69. The van der Waals surface area contributed by atoms with Crippen molar-refractivity contribution < 1.29 is 4.79 Å². The summed E-state index contributed by atoms with van der Waals surface area (Å²) in [5, 5.41) is 0. The highest BCUT2D eigenvalue weighted by molar-refractivity contribution is 5.97. The van der Waals surface area contributed by atoms with Crippen molar-refractivity contribution in [1.29, 1.82) is 0 Å². The smallest absolute Gasteiger partial charge is 0.162 e. The molecule has 0 N–H and O–H groups in total. The molecule has 0 spiro atoms. The van der Waals surface area contributed by atoms with Crippen molar-refractivity contribution in [2.75, 3.05) is 0 Å². The van der Waals surface area contributed by atoms with E-state index in [9.17, 15) is 4.79 Å². The Kier molecular flexibility index (Phi) is 1.05. The van der Waals surface area contributed by atoms with Gasteiger partial charge in [-0.05, 0) is 43.6 Å². The molecule has 64 valence electrons. The summed E-state index contributed by atoms with van der Waals surface area (Å²) in [5.74, 6) is 0.442. The minimum atomic E-state index is 0.141. The minimum absolute atomic E-state index is 0.141. The predicted molar refractivity (Wildman–Crippen MR) is 46.7 cm³/mol. The van der Waals surface area contributed by atoms with Gasteiger partial charge in [0.1, 0.15) is 0 Å². The molecule has 0 aliphatic heterocycles. The van der Waals surface area contributed by atoms with Gasteiger partial charge in [-0.1, -0.05) is 12.5 Å². The Morgan fingerprint density at radius 1 is 1.17 bits per heavy atom. The lowest BCUT2D eigenvalue weighted by Crippen LogP contribution is -2.53. The largest absolute Gasteiger partial charge is 0.294 e. The summed E-state index contributed by atoms with van der Waals surface area (Å²) in [4.78, 5) is 11.8. The van der Waals surface area contributed by atoms with Crippen LogP contribution in [0.5, 0.6) is 0 Å². The van der Waals surface area contributed by atoms with Crippen LogP contribution in [0.3, 0.4) is 0 Å². The van der Waals surface area contributed by atoms with Gasteiger partial charge in [-0.3, -0.25) is 4.79 Å². The Morgan fingerprint density at radius 2 is 2.08 bits per heavy atom. The predicted octanol–water partition coefficient (Wildman–Crippen LogP) is 2.47. The molecule has 3 aliphatic rings. The number of rotatable bonds is 0. The van der Waals surface area contributed by atoms with Gasteiger partial charge >= 0.3 is 0 Å². The van der Waals surface area contributed by atoms with Gasteiger partial charge < -0.3 is 0 Å². The first-order valence-corrected chi connectivity index (χ1v) is 5.00. The summed E-state index contributed by atoms with van der Waals surface area (Å²) in [6.45, 7) is 0. The SMILES string of the molecule is O=C1C=CCC23CCCC12CC3. The van der Waals surface area contributed by atoms with Gasteiger partial charge in [0.15, 0.2) is 5.78 Å². The Labute approximate surface area is 72.8 Å². The molecule has 1 nitrogen and oxygen atoms in total. The summed E-state index contributed by atoms with van der Waals surface area (Å²) in [7, 11) is 0. The van der Waals surface area contributed by atoms with Crippen LogP contribution in [0.25, 0.3) is 0 Å². The van der Waals surface area contributed by atoms with Gasteiger partial charge in [0.2, 0.25) is 0 Å². The van der Waals surface area contributed by atoms with Crippen molar-refractivity contribution in [2.24, 2.45) is 10.8 Å². The maximum Gasteiger partial charge on any atom is 0.162 e. The van der Waals surface area contributed by atoms with Gasteiger partial charge in [0.05, 0.1) is 0 Å². The third kappa shape index (κ3) is 0.502. The van der Waals surface area contributed by atoms with Crippen LogP contribution in [-0.4, -0.2) is 5.78 Å². The number of carbonyl (C=O) groups excluding carboxylic acids is 1. The first-order valence-electron chi connectivity index (χ1n) is 5.00. The van der Waals surface area contributed by atoms with Gasteiger partial charge in [0, 0.05) is 5.41 Å². The van der Waals surface area contributed by atoms with Crippen LogP contribution in [0, 0.1) is 10.8 Å². The lowest BCUT2D eigenvalue weighted by Gasteiger charge is -2.56. The van der Waals surface area contributed by atoms with Gasteiger partial charge in [-0.25, -0.2) is 0 Å². The number of carbonyl (C=O) groups is 1. The molecule has 0 heterocycles. The molecule has 2 fully saturated rings. The monoisotopic (exact) mass is 162 g/mol. The normalized spacial score (nSPS) is 49.8. The Morgan fingerprint density at radius 3 is 2.75 bits per heavy atom. The minimum Gasteiger partial charge on any atom is -0.294 e. The van der Waals surface area contributed by atoms with E-state index in [1.807, 2.05) is 6.08 Å². The van der Waals surface area contributed by atoms with Gasteiger partial charge in [-0.2, -0.15) is 0 Å². The molecule has 0 saturated heterocycles. The van der Waals surface area contributed by atoms with Crippen molar-refractivity contribution in [2.45, 2.75) is 38.5 Å². The van der Waals surface area contributed by atoms with Crippen molar-refractivity contribution in [3.63, 3.8) is 0 Å². The summed E-state index contributed by atoms with van der Waals surface area (Å²) >= 11 is 0. The molecule has 0 radical (unpaired) electrons. The number of hydrogen-bond donors (Lipinski definition) is 0. The van der Waals surface area contributed by atoms with Crippen molar-refractivity contribution >= 4 is 5.78 Å². The third-order valence-electron chi connectivity index (χ3n) is 4.55. The molecule has 0 aromatic rings. The molecule has 0 aromatic heterocycles. The number of ketones is 1. The average molecular weight is 162 g/mol. The highest BCUT2D eigenvalue weighted by Crippen LogP contribution is 2.70. The Hall–Kier alpha value is -0.590. The summed E-state index contributed by atoms with van der Waals surface area (Å²) in [6, 6.07) is 0. The zero-order valence-corrected chi connectivity index (χ0v) is 7.31. The highest BCUT2D eigenvalue weighted by atomic mass is 16.1. The van der Waals surface area contributed by atoms with Crippen molar-refractivity contribution in [3.8, 4) is 0 Å². The summed E-state index contributed by atoms with van der Waals surface area (Å²) in [5.41, 5.74) is 0.584. The fourth-order valence-electron chi connectivity index (χ4n) is 3.72. The van der Waals surface area contributed by atoms with E-state index in [4.69, 9.17) is 0 Å². The fraction of sp³-hybridized carbons (Fsp3) is 0.727. The average Bonchev–Trinajstić information content (AvgIpc) is 2.31. The van der Waals surface area contributed by atoms with Crippen LogP contribution in [0.2, 0.25) is 0 Å². The fourth-order valence-corrected chi connectivity index (χ4v) is 3.72. The molecule has 3 aliphatic carbocycles. The topological polar surface area (TPSA) is 17.1 Å². The molecular formula is C11H14O. The molecule has 3 rings (SSSR count). The molecule has 1 heteroatoms. The van der Waals surface area contributed by atoms with E-state index in [2.05, 4.69) is 6.08 Å². The van der Waals surface area contributed by atoms with Crippen LogP contribution >= 0.6 is 0 Å². The van der Waals surface area contributed by atoms with Crippen LogP contribution in [0.4, 0.5) is 0 Å². The standard InChI is InChI=1S/C11H14O/c12-9-3-1-4-10-5-2-6-11(9,10)8-7-10/h1,3H,2,4-8H2.